The van der Waals surface area contributed by atoms with Crippen molar-refractivity contribution >= 4 is 33.5 Å². The molecule has 0 bridgehead atoms. The van der Waals surface area contributed by atoms with Gasteiger partial charge in [0.25, 0.3) is 0 Å². The van der Waals surface area contributed by atoms with Crippen molar-refractivity contribution in [2.24, 2.45) is 0 Å². The number of nitrogens with one attached hydrogen (secondary N) is 2. The Kier molecular flexibility index (Phi) is 11.4. The molecule has 0 aliphatic carbocycles. The maximum Gasteiger partial charge on any atom is 0.326 e. The highest BCUT2D eigenvalue weighted by molar-refractivity contribution is 7.89. The lowest BCUT2D eigenvalue weighted by Gasteiger charge is -2.25. The number of aliphatic carboxylic acids is 1. The van der Waals surface area contributed by atoms with Gasteiger partial charge in [0.05, 0.1) is 4.90 Å². The highest BCUT2D eigenvalue weighted by Gasteiger charge is 2.40. The fraction of sp³-hybridized carbons (Fsp3) is 0.375. The van der Waals surface area contributed by atoms with Gasteiger partial charge in [-0.25, -0.2) is 18.2 Å². The van der Waals surface area contributed by atoms with E-state index in [-0.39, 0.29) is 23.6 Å². The van der Waals surface area contributed by atoms with Gasteiger partial charge in [0.15, 0.2) is 0 Å². The molecule has 2 heterocycles. The number of amides is 1. The van der Waals surface area contributed by atoms with E-state index in [2.05, 4.69) is 15.6 Å². The number of hydrogen-bond donors (Lipinski definition) is 3. The SMILES string of the molecule is O=C(CCCCCNc1ccccn1)Cc1ccc(CC(NC(=O)[C@@H]2CCCN2S(=O)(=O)c2ccccc2)C(=O)O)cc1. The molecule has 3 N–H and O–H groups in total. The van der Waals surface area contributed by atoms with Crippen molar-refractivity contribution in [2.45, 2.75) is 68.3 Å². The normalized spacial score (nSPS) is 16.0. The zero-order valence-corrected chi connectivity index (χ0v) is 24.8. The van der Waals surface area contributed by atoms with Crippen LogP contribution in [0.1, 0.15) is 49.7 Å². The van der Waals surface area contributed by atoms with Gasteiger partial charge in [0, 0.05) is 38.5 Å². The number of benzene rings is 2. The van der Waals surface area contributed by atoms with Gasteiger partial charge in [-0.05, 0) is 61.1 Å². The van der Waals surface area contributed by atoms with Crippen LogP contribution in [0.25, 0.3) is 0 Å². The van der Waals surface area contributed by atoms with Gasteiger partial charge < -0.3 is 15.7 Å². The van der Waals surface area contributed by atoms with Crippen molar-refractivity contribution in [3.63, 3.8) is 0 Å². The number of unbranched alkanes of at least 4 members (excludes halogenated alkanes) is 2. The molecule has 1 aliphatic heterocycles. The van der Waals surface area contributed by atoms with Crippen LogP contribution < -0.4 is 10.6 Å². The van der Waals surface area contributed by atoms with E-state index < -0.39 is 34.0 Å². The number of anilines is 1. The summed E-state index contributed by atoms with van der Waals surface area (Å²) in [6.07, 6.45) is 6.08. The Morgan fingerprint density at radius 1 is 0.930 bits per heavy atom. The number of ketones is 1. The van der Waals surface area contributed by atoms with Crippen LogP contribution in [0, 0.1) is 0 Å². The molecule has 1 saturated heterocycles. The fourth-order valence-electron chi connectivity index (χ4n) is 5.14. The predicted octanol–water partition coefficient (Wildman–Crippen LogP) is 3.83. The van der Waals surface area contributed by atoms with Crippen molar-refractivity contribution in [1.82, 2.24) is 14.6 Å². The van der Waals surface area contributed by atoms with Crippen LogP contribution in [-0.2, 0) is 37.2 Å². The lowest BCUT2D eigenvalue weighted by Crippen LogP contribution is -2.51. The third kappa shape index (κ3) is 9.20. The third-order valence-electron chi connectivity index (χ3n) is 7.44. The number of rotatable bonds is 16. The average molecular weight is 607 g/mol. The monoisotopic (exact) mass is 606 g/mol. The molecule has 0 saturated carbocycles. The van der Waals surface area contributed by atoms with Gasteiger partial charge in [-0.2, -0.15) is 4.31 Å². The number of pyridine rings is 1. The minimum Gasteiger partial charge on any atom is -0.480 e. The van der Waals surface area contributed by atoms with E-state index in [1.54, 1.807) is 48.7 Å². The quantitative estimate of drug-likeness (QED) is 0.209. The number of carboxylic acid groups (broad SMARTS) is 1. The van der Waals surface area contributed by atoms with Crippen molar-refractivity contribution in [1.29, 1.82) is 0 Å². The fourth-order valence-corrected chi connectivity index (χ4v) is 6.82. The number of aromatic nitrogens is 1. The zero-order chi connectivity index (χ0) is 30.7. The van der Waals surface area contributed by atoms with Crippen LogP contribution in [-0.4, -0.2) is 65.6 Å². The Balaban J connectivity index is 1.23. The van der Waals surface area contributed by atoms with Crippen LogP contribution >= 0.6 is 0 Å². The predicted molar refractivity (Wildman–Crippen MR) is 163 cm³/mol. The largest absolute Gasteiger partial charge is 0.480 e. The van der Waals surface area contributed by atoms with E-state index in [9.17, 15) is 27.9 Å². The number of carboxylic acids is 1. The second-order valence-electron chi connectivity index (χ2n) is 10.7. The summed E-state index contributed by atoms with van der Waals surface area (Å²) in [7, 11) is -3.89. The summed E-state index contributed by atoms with van der Waals surface area (Å²) in [5.74, 6) is -0.848. The van der Waals surface area contributed by atoms with E-state index in [1.807, 2.05) is 18.2 Å². The summed E-state index contributed by atoms with van der Waals surface area (Å²) in [6, 6.07) is 18.5. The highest BCUT2D eigenvalue weighted by atomic mass is 32.2. The van der Waals surface area contributed by atoms with Gasteiger partial charge in [-0.1, -0.05) is 55.0 Å². The van der Waals surface area contributed by atoms with Crippen LogP contribution in [0.5, 0.6) is 0 Å². The number of sulfonamides is 1. The summed E-state index contributed by atoms with van der Waals surface area (Å²) in [5.41, 5.74) is 1.53. The van der Waals surface area contributed by atoms with Gasteiger partial charge in [0.1, 0.15) is 23.7 Å². The molecule has 1 aliphatic rings. The minimum absolute atomic E-state index is 0.0278. The van der Waals surface area contributed by atoms with E-state index in [0.29, 0.717) is 31.2 Å². The molecule has 2 aromatic carbocycles. The Hall–Kier alpha value is -4.09. The van der Waals surface area contributed by atoms with E-state index in [0.717, 1.165) is 41.5 Å². The number of hydrogen-bond acceptors (Lipinski definition) is 7. The number of Topliss-reactive ketones (excluding diaryl/α,β-unsaturated/α-hetero) is 1. The number of carbonyl (C=O) groups excluding carboxylic acids is 2. The van der Waals surface area contributed by atoms with Gasteiger partial charge in [-0.15, -0.1) is 0 Å². The lowest BCUT2D eigenvalue weighted by atomic mass is 10.00. The smallest absolute Gasteiger partial charge is 0.326 e. The third-order valence-corrected chi connectivity index (χ3v) is 9.36. The summed E-state index contributed by atoms with van der Waals surface area (Å²) in [6.45, 7) is 0.993. The van der Waals surface area contributed by atoms with Gasteiger partial charge in [-0.3, -0.25) is 9.59 Å². The molecule has 3 aromatic rings. The topological polar surface area (TPSA) is 146 Å². The van der Waals surface area contributed by atoms with Crippen molar-refractivity contribution < 1.29 is 27.9 Å². The lowest BCUT2D eigenvalue weighted by molar-refractivity contribution is -0.142. The second-order valence-corrected chi connectivity index (χ2v) is 12.6. The molecule has 10 nitrogen and oxygen atoms in total. The second kappa shape index (κ2) is 15.4. The van der Waals surface area contributed by atoms with Crippen LogP contribution in [0.15, 0.2) is 83.9 Å². The maximum absolute atomic E-state index is 13.1. The Bertz CT molecular complexity index is 1470. The van der Waals surface area contributed by atoms with Gasteiger partial charge >= 0.3 is 5.97 Å². The highest BCUT2D eigenvalue weighted by Crippen LogP contribution is 2.26. The number of carbonyl (C=O) groups is 3. The average Bonchev–Trinajstić information content (AvgIpc) is 3.52. The molecular formula is C32H38N4O6S. The first-order valence-corrected chi connectivity index (χ1v) is 16.0. The van der Waals surface area contributed by atoms with Crippen molar-refractivity contribution in [3.05, 3.63) is 90.1 Å². The van der Waals surface area contributed by atoms with Crippen LogP contribution in [0.4, 0.5) is 5.82 Å². The van der Waals surface area contributed by atoms with E-state index in [1.165, 1.54) is 12.1 Å². The zero-order valence-electron chi connectivity index (χ0n) is 24.0. The van der Waals surface area contributed by atoms with E-state index in [4.69, 9.17) is 0 Å². The molecule has 11 heteroatoms. The van der Waals surface area contributed by atoms with Gasteiger partial charge in [0.2, 0.25) is 15.9 Å². The van der Waals surface area contributed by atoms with Crippen molar-refractivity contribution in [3.8, 4) is 0 Å². The van der Waals surface area contributed by atoms with Crippen LogP contribution in [0.2, 0.25) is 0 Å². The summed E-state index contributed by atoms with van der Waals surface area (Å²) in [4.78, 5) is 41.9. The summed E-state index contributed by atoms with van der Waals surface area (Å²) < 4.78 is 27.4. The summed E-state index contributed by atoms with van der Waals surface area (Å²) in [5, 5.41) is 15.6. The first-order valence-electron chi connectivity index (χ1n) is 14.6. The molecular weight excluding hydrogens is 568 g/mol. The first kappa shape index (κ1) is 31.8. The van der Waals surface area contributed by atoms with Crippen molar-refractivity contribution in [2.75, 3.05) is 18.4 Å². The maximum atomic E-state index is 13.1. The molecule has 0 radical (unpaired) electrons. The van der Waals surface area contributed by atoms with Crippen LogP contribution in [0.3, 0.4) is 0 Å². The molecule has 1 unspecified atom stereocenters. The Labute approximate surface area is 252 Å². The molecule has 1 aromatic heterocycles. The Morgan fingerprint density at radius 3 is 2.35 bits per heavy atom. The first-order chi connectivity index (χ1) is 20.7. The molecule has 2 atom stereocenters. The Morgan fingerprint density at radius 2 is 1.65 bits per heavy atom. The molecule has 1 amide bonds. The molecule has 1 fully saturated rings. The molecule has 4 rings (SSSR count). The molecule has 43 heavy (non-hydrogen) atoms. The molecule has 228 valence electrons. The summed E-state index contributed by atoms with van der Waals surface area (Å²) >= 11 is 0. The standard InChI is InChI=1S/C32H38N4O6S/c37-26(10-3-2-7-19-33-30-14-6-8-20-34-30)22-24-15-17-25(18-16-24)23-28(32(39)40)35-31(38)29-13-9-21-36(29)43(41,42)27-11-4-1-5-12-27/h1,4-6,8,11-12,14-18,20,28-29H,2-3,7,9-10,13,19,21-23H2,(H,33,34)(H,35,38)(H,39,40)/t28?,29-/m0/s1. The minimum atomic E-state index is -3.89. The number of nitrogens with zero attached hydrogens (tertiary/aromatic N) is 2. The van der Waals surface area contributed by atoms with E-state index >= 15 is 0 Å². The molecule has 0 spiro atoms.